The van der Waals surface area contributed by atoms with E-state index in [0.717, 1.165) is 33.6 Å². The standard InChI is InChI=1S/C27H16N4S.C3H6/c1-2-8-23-18(5-1)19-10-11-21-25(27(19)32-23)26-22(7-4-14-29-26)31(21)24-9-3-6-20(30-24)17-12-15-28-16-13-17;1-3-2/h1-16H;3H,1H2,2H3. The summed E-state index contributed by atoms with van der Waals surface area (Å²) in [6, 6.07) is 27.3. The van der Waals surface area contributed by atoms with Crippen molar-refractivity contribution in [2.24, 2.45) is 0 Å². The highest BCUT2D eigenvalue weighted by molar-refractivity contribution is 7.26. The van der Waals surface area contributed by atoms with Crippen molar-refractivity contribution in [1.29, 1.82) is 0 Å². The number of hydrogen-bond acceptors (Lipinski definition) is 4. The molecule has 0 N–H and O–H groups in total. The van der Waals surface area contributed by atoms with Crippen molar-refractivity contribution in [2.45, 2.75) is 6.92 Å². The van der Waals surface area contributed by atoms with Crippen LogP contribution in [-0.2, 0) is 0 Å². The lowest BCUT2D eigenvalue weighted by molar-refractivity contribution is 1.08. The zero-order valence-corrected chi connectivity index (χ0v) is 20.0. The molecule has 0 radical (unpaired) electrons. The third-order valence-corrected chi connectivity index (χ3v) is 7.17. The lowest BCUT2D eigenvalue weighted by atomic mass is 10.1. The molecule has 0 unspecified atom stereocenters. The first-order valence-corrected chi connectivity index (χ1v) is 12.3. The highest BCUT2D eigenvalue weighted by Crippen LogP contribution is 2.42. The Kier molecular flexibility index (Phi) is 5.32. The van der Waals surface area contributed by atoms with Crippen molar-refractivity contribution >= 4 is 53.4 Å². The summed E-state index contributed by atoms with van der Waals surface area (Å²) < 4.78 is 4.80. The van der Waals surface area contributed by atoms with Gasteiger partial charge in [0.2, 0.25) is 0 Å². The van der Waals surface area contributed by atoms with E-state index < -0.39 is 0 Å². The molecule has 0 saturated carbocycles. The zero-order chi connectivity index (χ0) is 23.8. The van der Waals surface area contributed by atoms with Crippen LogP contribution in [-0.4, -0.2) is 19.5 Å². The smallest absolute Gasteiger partial charge is 0.138 e. The fourth-order valence-corrected chi connectivity index (χ4v) is 5.82. The van der Waals surface area contributed by atoms with Crippen molar-refractivity contribution in [3.05, 3.63) is 110 Å². The van der Waals surface area contributed by atoms with Gasteiger partial charge in [-0.1, -0.05) is 36.4 Å². The first-order chi connectivity index (χ1) is 17.3. The molecule has 0 aliphatic carbocycles. The van der Waals surface area contributed by atoms with Crippen LogP contribution in [0.4, 0.5) is 0 Å². The van der Waals surface area contributed by atoms with Crippen LogP contribution >= 0.6 is 11.3 Å². The number of fused-ring (bicyclic) bond motifs is 7. The highest BCUT2D eigenvalue weighted by atomic mass is 32.1. The minimum absolute atomic E-state index is 0.882. The molecular weight excluding hydrogens is 448 g/mol. The fourth-order valence-electron chi connectivity index (χ4n) is 4.57. The van der Waals surface area contributed by atoms with Crippen molar-refractivity contribution in [2.75, 3.05) is 0 Å². The molecule has 0 spiro atoms. The Hall–Kier alpha value is -4.35. The molecule has 5 aromatic heterocycles. The van der Waals surface area contributed by atoms with Gasteiger partial charge in [0, 0.05) is 49.7 Å². The Labute approximate surface area is 206 Å². The number of rotatable bonds is 2. The monoisotopic (exact) mass is 470 g/mol. The van der Waals surface area contributed by atoms with Gasteiger partial charge in [-0.25, -0.2) is 4.98 Å². The lowest BCUT2D eigenvalue weighted by Crippen LogP contribution is -1.98. The molecule has 5 heterocycles. The number of pyridine rings is 3. The van der Waals surface area contributed by atoms with Gasteiger partial charge in [-0.15, -0.1) is 17.9 Å². The first kappa shape index (κ1) is 21.2. The fraction of sp³-hybridized carbons (Fsp3) is 0.0333. The number of aromatic nitrogens is 4. The van der Waals surface area contributed by atoms with Gasteiger partial charge in [0.15, 0.2) is 0 Å². The molecule has 168 valence electrons. The second-order valence-electron chi connectivity index (χ2n) is 8.17. The minimum Gasteiger partial charge on any atom is -0.292 e. The molecule has 0 atom stereocenters. The summed E-state index contributed by atoms with van der Waals surface area (Å²) in [5.41, 5.74) is 5.17. The SMILES string of the molecule is C=CC.c1cc(-c2ccncc2)nc(-n2c3cccnc3c3c4sc5ccccc5c4ccc32)c1. The third kappa shape index (κ3) is 3.49. The summed E-state index contributed by atoms with van der Waals surface area (Å²) in [4.78, 5) is 14.0. The van der Waals surface area contributed by atoms with Crippen LogP contribution < -0.4 is 0 Å². The molecule has 4 nitrogen and oxygen atoms in total. The molecule has 0 aliphatic rings. The Morgan fingerprint density at radius 2 is 1.63 bits per heavy atom. The normalized spacial score (nSPS) is 11.1. The van der Waals surface area contributed by atoms with Gasteiger partial charge in [0.25, 0.3) is 0 Å². The van der Waals surface area contributed by atoms with Crippen LogP contribution in [0.3, 0.4) is 0 Å². The highest BCUT2D eigenvalue weighted by Gasteiger charge is 2.18. The second kappa shape index (κ2) is 8.78. The van der Waals surface area contributed by atoms with E-state index in [2.05, 4.69) is 70.7 Å². The zero-order valence-electron chi connectivity index (χ0n) is 19.2. The number of benzene rings is 2. The van der Waals surface area contributed by atoms with Gasteiger partial charge < -0.3 is 0 Å². The molecule has 0 aliphatic heterocycles. The van der Waals surface area contributed by atoms with E-state index in [1.807, 2.05) is 48.7 Å². The molecule has 0 amide bonds. The van der Waals surface area contributed by atoms with E-state index >= 15 is 0 Å². The molecule has 0 saturated heterocycles. The second-order valence-corrected chi connectivity index (χ2v) is 9.22. The molecule has 0 fully saturated rings. The molecule has 0 bridgehead atoms. The molecule has 5 heteroatoms. The molecular formula is C30H22N4S. The predicted octanol–water partition coefficient (Wildman–Crippen LogP) is 8.20. The summed E-state index contributed by atoms with van der Waals surface area (Å²) >= 11 is 1.83. The maximum absolute atomic E-state index is 5.02. The molecule has 2 aromatic carbocycles. The predicted molar refractivity (Wildman–Crippen MR) is 148 cm³/mol. The van der Waals surface area contributed by atoms with Crippen LogP contribution in [0, 0.1) is 0 Å². The maximum Gasteiger partial charge on any atom is 0.138 e. The van der Waals surface area contributed by atoms with Crippen molar-refractivity contribution in [3.8, 4) is 17.1 Å². The number of hydrogen-bond donors (Lipinski definition) is 0. The van der Waals surface area contributed by atoms with E-state index in [4.69, 9.17) is 9.97 Å². The summed E-state index contributed by atoms with van der Waals surface area (Å²) in [6.45, 7) is 5.25. The van der Waals surface area contributed by atoms with Crippen molar-refractivity contribution in [3.63, 3.8) is 0 Å². The quantitative estimate of drug-likeness (QED) is 0.239. The molecule has 7 aromatic rings. The Balaban J connectivity index is 0.000000727. The van der Waals surface area contributed by atoms with Crippen molar-refractivity contribution < 1.29 is 0 Å². The molecule has 35 heavy (non-hydrogen) atoms. The summed E-state index contributed by atoms with van der Waals surface area (Å²) in [5.74, 6) is 0.882. The maximum atomic E-state index is 5.02. The topological polar surface area (TPSA) is 43.6 Å². The Bertz CT molecular complexity index is 1830. The van der Waals surface area contributed by atoms with E-state index in [9.17, 15) is 0 Å². The van der Waals surface area contributed by atoms with Gasteiger partial charge in [-0.2, -0.15) is 0 Å². The van der Waals surface area contributed by atoms with Gasteiger partial charge in [-0.3, -0.25) is 14.5 Å². The molecule has 7 rings (SSSR count). The van der Waals surface area contributed by atoms with E-state index in [0.29, 0.717) is 0 Å². The van der Waals surface area contributed by atoms with E-state index in [-0.39, 0.29) is 0 Å². The van der Waals surface area contributed by atoms with Gasteiger partial charge in [0.05, 0.1) is 22.2 Å². The third-order valence-electron chi connectivity index (χ3n) is 5.97. The summed E-state index contributed by atoms with van der Waals surface area (Å²) in [7, 11) is 0. The van der Waals surface area contributed by atoms with Crippen LogP contribution in [0.5, 0.6) is 0 Å². The Morgan fingerprint density at radius 3 is 2.49 bits per heavy atom. The average molecular weight is 471 g/mol. The van der Waals surface area contributed by atoms with Crippen LogP contribution in [0.2, 0.25) is 0 Å². The van der Waals surface area contributed by atoms with Gasteiger partial charge >= 0.3 is 0 Å². The van der Waals surface area contributed by atoms with Crippen molar-refractivity contribution in [1.82, 2.24) is 19.5 Å². The summed E-state index contributed by atoms with van der Waals surface area (Å²) in [6.07, 6.45) is 7.22. The minimum atomic E-state index is 0.882. The van der Waals surface area contributed by atoms with E-state index in [1.165, 1.54) is 25.6 Å². The number of nitrogens with zero attached hydrogens (tertiary/aromatic N) is 4. The van der Waals surface area contributed by atoms with E-state index in [1.54, 1.807) is 18.5 Å². The number of thiophene rings is 1. The Morgan fingerprint density at radius 1 is 0.800 bits per heavy atom. The summed E-state index contributed by atoms with van der Waals surface area (Å²) in [5, 5.41) is 3.76. The largest absolute Gasteiger partial charge is 0.292 e. The van der Waals surface area contributed by atoms with Gasteiger partial charge in [-0.05, 0) is 55.5 Å². The number of allylic oxidation sites excluding steroid dienone is 1. The van der Waals surface area contributed by atoms with Crippen LogP contribution in [0.1, 0.15) is 6.92 Å². The van der Waals surface area contributed by atoms with Crippen LogP contribution in [0.15, 0.2) is 110 Å². The van der Waals surface area contributed by atoms with Crippen LogP contribution in [0.25, 0.3) is 59.2 Å². The lowest BCUT2D eigenvalue weighted by Gasteiger charge is -2.09. The van der Waals surface area contributed by atoms with Gasteiger partial charge in [0.1, 0.15) is 5.82 Å². The average Bonchev–Trinajstić information content (AvgIpc) is 3.45. The first-order valence-electron chi connectivity index (χ1n) is 11.4.